The van der Waals surface area contributed by atoms with E-state index in [2.05, 4.69) is 5.32 Å². The Hall–Kier alpha value is -1.32. The van der Waals surface area contributed by atoms with Crippen molar-refractivity contribution in [1.82, 2.24) is 10.2 Å². The van der Waals surface area contributed by atoms with Gasteiger partial charge in [0.2, 0.25) is 5.91 Å². The van der Waals surface area contributed by atoms with E-state index in [4.69, 9.17) is 11.6 Å². The van der Waals surface area contributed by atoms with E-state index < -0.39 is 0 Å². The molecule has 2 rings (SSSR count). The Balaban J connectivity index is 1.95. The summed E-state index contributed by atoms with van der Waals surface area (Å²) < 4.78 is 0. The van der Waals surface area contributed by atoms with Gasteiger partial charge in [-0.2, -0.15) is 0 Å². The van der Waals surface area contributed by atoms with E-state index in [0.29, 0.717) is 5.02 Å². The minimum absolute atomic E-state index is 0.0775. The molecule has 1 aromatic rings. The van der Waals surface area contributed by atoms with Gasteiger partial charge in [-0.15, -0.1) is 0 Å². The Kier molecular flexibility index (Phi) is 4.79. The normalized spacial score (nSPS) is 16.8. The maximum absolute atomic E-state index is 12.0. The summed E-state index contributed by atoms with van der Waals surface area (Å²) in [4.78, 5) is 13.9. The highest BCUT2D eigenvalue weighted by Crippen LogP contribution is 2.10. The van der Waals surface area contributed by atoms with Crippen LogP contribution in [0.1, 0.15) is 12.0 Å². The molecule has 1 N–H and O–H groups in total. The van der Waals surface area contributed by atoms with Gasteiger partial charge in [0, 0.05) is 30.7 Å². The predicted molar refractivity (Wildman–Crippen MR) is 74.6 cm³/mol. The Morgan fingerprint density at radius 1 is 1.22 bits per heavy atom. The number of rotatable bonds is 2. The van der Waals surface area contributed by atoms with Crippen LogP contribution in [0.25, 0.3) is 6.08 Å². The second kappa shape index (κ2) is 6.57. The highest BCUT2D eigenvalue weighted by molar-refractivity contribution is 6.30. The van der Waals surface area contributed by atoms with Crippen molar-refractivity contribution in [2.75, 3.05) is 26.2 Å². The third kappa shape index (κ3) is 3.86. The highest BCUT2D eigenvalue weighted by Gasteiger charge is 2.11. The van der Waals surface area contributed by atoms with Crippen LogP contribution in [0.4, 0.5) is 0 Å². The number of halogens is 1. The summed E-state index contributed by atoms with van der Waals surface area (Å²) in [6.07, 6.45) is 4.48. The molecule has 1 heterocycles. The van der Waals surface area contributed by atoms with Gasteiger partial charge in [0.25, 0.3) is 0 Å². The van der Waals surface area contributed by atoms with Gasteiger partial charge >= 0.3 is 0 Å². The number of amides is 1. The van der Waals surface area contributed by atoms with Crippen LogP contribution in [0.5, 0.6) is 0 Å². The molecular weight excluding hydrogens is 248 g/mol. The van der Waals surface area contributed by atoms with Crippen LogP contribution < -0.4 is 5.32 Å². The number of carbonyl (C=O) groups is 1. The van der Waals surface area contributed by atoms with Gasteiger partial charge < -0.3 is 10.2 Å². The zero-order valence-corrected chi connectivity index (χ0v) is 11.0. The molecule has 0 unspecified atom stereocenters. The molecule has 1 fully saturated rings. The molecule has 0 bridgehead atoms. The lowest BCUT2D eigenvalue weighted by Crippen LogP contribution is -2.32. The maximum atomic E-state index is 12.0. The van der Waals surface area contributed by atoms with Crippen LogP contribution in [-0.4, -0.2) is 37.0 Å². The van der Waals surface area contributed by atoms with E-state index in [9.17, 15) is 4.79 Å². The van der Waals surface area contributed by atoms with Gasteiger partial charge in [-0.1, -0.05) is 23.7 Å². The summed E-state index contributed by atoms with van der Waals surface area (Å²) in [6.45, 7) is 3.48. The topological polar surface area (TPSA) is 32.3 Å². The standard InChI is InChI=1S/C14H17ClN2O/c15-13-5-2-12(3-6-13)4-7-14(18)17-10-1-8-16-9-11-17/h2-7,16H,1,8-11H2. The second-order valence-corrected chi connectivity index (χ2v) is 4.75. The zero-order valence-electron chi connectivity index (χ0n) is 10.2. The van der Waals surface area contributed by atoms with E-state index in [0.717, 1.165) is 38.2 Å². The third-order valence-electron chi connectivity index (χ3n) is 2.94. The van der Waals surface area contributed by atoms with Crippen molar-refractivity contribution in [1.29, 1.82) is 0 Å². The lowest BCUT2D eigenvalue weighted by atomic mass is 10.2. The monoisotopic (exact) mass is 264 g/mol. The van der Waals surface area contributed by atoms with Crippen molar-refractivity contribution < 1.29 is 4.79 Å². The van der Waals surface area contributed by atoms with Crippen LogP contribution in [0.3, 0.4) is 0 Å². The van der Waals surface area contributed by atoms with Crippen molar-refractivity contribution in [2.24, 2.45) is 0 Å². The molecule has 1 aliphatic heterocycles. The molecule has 1 aliphatic rings. The van der Waals surface area contributed by atoms with Gasteiger partial charge in [0.15, 0.2) is 0 Å². The van der Waals surface area contributed by atoms with Crippen LogP contribution in [0.15, 0.2) is 30.3 Å². The third-order valence-corrected chi connectivity index (χ3v) is 3.19. The van der Waals surface area contributed by atoms with Gasteiger partial charge in [0.05, 0.1) is 0 Å². The molecule has 3 nitrogen and oxygen atoms in total. The Bertz CT molecular complexity index is 420. The fraction of sp³-hybridized carbons (Fsp3) is 0.357. The molecule has 0 aliphatic carbocycles. The van der Waals surface area contributed by atoms with Crippen molar-refractivity contribution >= 4 is 23.6 Å². The zero-order chi connectivity index (χ0) is 12.8. The molecule has 1 amide bonds. The average molecular weight is 265 g/mol. The number of carbonyl (C=O) groups excluding carboxylic acids is 1. The molecule has 0 aromatic heterocycles. The van der Waals surface area contributed by atoms with Crippen molar-refractivity contribution in [3.8, 4) is 0 Å². The van der Waals surface area contributed by atoms with E-state index in [1.54, 1.807) is 6.08 Å². The molecule has 0 radical (unpaired) electrons. The summed E-state index contributed by atoms with van der Waals surface area (Å²) in [5.74, 6) is 0.0775. The first-order valence-corrected chi connectivity index (χ1v) is 6.57. The Labute approximate surface area is 112 Å². The predicted octanol–water partition coefficient (Wildman–Crippen LogP) is 2.18. The number of nitrogens with zero attached hydrogens (tertiary/aromatic N) is 1. The smallest absolute Gasteiger partial charge is 0.246 e. The van der Waals surface area contributed by atoms with E-state index in [-0.39, 0.29) is 5.91 Å². The molecule has 4 heteroatoms. The molecule has 0 saturated carbocycles. The molecular formula is C14H17ClN2O. The van der Waals surface area contributed by atoms with Crippen LogP contribution in [-0.2, 0) is 4.79 Å². The van der Waals surface area contributed by atoms with Crippen LogP contribution in [0, 0.1) is 0 Å². The van der Waals surface area contributed by atoms with E-state index in [1.807, 2.05) is 35.2 Å². The number of hydrogen-bond donors (Lipinski definition) is 1. The number of benzene rings is 1. The minimum Gasteiger partial charge on any atom is -0.338 e. The number of hydrogen-bond acceptors (Lipinski definition) is 2. The summed E-state index contributed by atoms with van der Waals surface area (Å²) in [7, 11) is 0. The van der Waals surface area contributed by atoms with Gasteiger partial charge in [-0.25, -0.2) is 0 Å². The van der Waals surface area contributed by atoms with Crippen molar-refractivity contribution in [3.63, 3.8) is 0 Å². The fourth-order valence-electron chi connectivity index (χ4n) is 1.91. The first-order valence-electron chi connectivity index (χ1n) is 6.19. The van der Waals surface area contributed by atoms with Gasteiger partial charge in [0.1, 0.15) is 0 Å². The van der Waals surface area contributed by atoms with E-state index in [1.165, 1.54) is 0 Å². The Morgan fingerprint density at radius 3 is 2.78 bits per heavy atom. The minimum atomic E-state index is 0.0775. The Morgan fingerprint density at radius 2 is 2.00 bits per heavy atom. The molecule has 18 heavy (non-hydrogen) atoms. The molecule has 1 saturated heterocycles. The average Bonchev–Trinajstić information content (AvgIpc) is 2.66. The van der Waals surface area contributed by atoms with Crippen LogP contribution >= 0.6 is 11.6 Å². The van der Waals surface area contributed by atoms with Crippen molar-refractivity contribution in [2.45, 2.75) is 6.42 Å². The molecule has 0 atom stereocenters. The largest absolute Gasteiger partial charge is 0.338 e. The molecule has 0 spiro atoms. The summed E-state index contributed by atoms with van der Waals surface area (Å²) in [6, 6.07) is 7.44. The SMILES string of the molecule is O=C(C=Cc1ccc(Cl)cc1)N1CCCNCC1. The van der Waals surface area contributed by atoms with E-state index >= 15 is 0 Å². The number of nitrogens with one attached hydrogen (secondary N) is 1. The lowest BCUT2D eigenvalue weighted by Gasteiger charge is -2.17. The maximum Gasteiger partial charge on any atom is 0.246 e. The first-order chi connectivity index (χ1) is 8.75. The molecule has 96 valence electrons. The summed E-state index contributed by atoms with van der Waals surface area (Å²) in [5, 5.41) is 3.99. The summed E-state index contributed by atoms with van der Waals surface area (Å²) in [5.41, 5.74) is 0.987. The lowest BCUT2D eigenvalue weighted by molar-refractivity contribution is -0.125. The van der Waals surface area contributed by atoms with Gasteiger partial charge in [-0.05, 0) is 36.7 Å². The van der Waals surface area contributed by atoms with Crippen LogP contribution in [0.2, 0.25) is 5.02 Å². The quantitative estimate of drug-likeness (QED) is 0.831. The fourth-order valence-corrected chi connectivity index (χ4v) is 2.04. The molecule has 1 aromatic carbocycles. The first kappa shape index (κ1) is 13.1. The van der Waals surface area contributed by atoms with Gasteiger partial charge in [-0.3, -0.25) is 4.79 Å². The summed E-state index contributed by atoms with van der Waals surface area (Å²) >= 11 is 5.81. The van der Waals surface area contributed by atoms with Crippen molar-refractivity contribution in [3.05, 3.63) is 40.9 Å². The highest BCUT2D eigenvalue weighted by atomic mass is 35.5. The second-order valence-electron chi connectivity index (χ2n) is 4.31.